The molecule has 1 aliphatic heterocycles. The summed E-state index contributed by atoms with van der Waals surface area (Å²) in [6.07, 6.45) is 6.85. The number of amides is 2. The minimum absolute atomic E-state index is 0.0138. The number of imidazole rings is 1. The number of piperazine rings is 1. The average Bonchev–Trinajstić information content (AvgIpc) is 1.74. The maximum Gasteiger partial charge on any atom is 0.341 e. The number of nitrogens with one attached hydrogen (secondary N) is 6. The Bertz CT molecular complexity index is 5530. The number of aromatic nitrogens is 12. The summed E-state index contributed by atoms with van der Waals surface area (Å²) in [6, 6.07) is 18.6. The highest BCUT2D eigenvalue weighted by Gasteiger charge is 2.30. The van der Waals surface area contributed by atoms with Crippen LogP contribution in [0.2, 0.25) is 0 Å². The number of carbonyl (C=O) groups is 7. The molecule has 2 amide bonds. The Balaban J connectivity index is 0.000000161. The van der Waals surface area contributed by atoms with Gasteiger partial charge in [0.1, 0.15) is 35.0 Å². The van der Waals surface area contributed by atoms with E-state index in [0.29, 0.717) is 64.2 Å². The van der Waals surface area contributed by atoms with E-state index in [9.17, 15) is 62.3 Å². The molecule has 1 unspecified atom stereocenters. The van der Waals surface area contributed by atoms with E-state index in [0.717, 1.165) is 71.0 Å². The highest BCUT2D eigenvalue weighted by molar-refractivity contribution is 7.90. The molecule has 4 aromatic carbocycles. The van der Waals surface area contributed by atoms with E-state index in [-0.39, 0.29) is 95.0 Å². The number of halogens is 1. The minimum Gasteiger partial charge on any atom is -0.609 e. The van der Waals surface area contributed by atoms with E-state index in [4.69, 9.17) is 42.0 Å². The quantitative estimate of drug-likeness (QED) is 0.0326. The fraction of sp³-hybridized carbons (Fsp3) is 0.288. The third kappa shape index (κ3) is 21.0. The second-order valence-electron chi connectivity index (χ2n) is 25.7. The number of pyridine rings is 2. The van der Waals surface area contributed by atoms with E-state index in [1.165, 1.54) is 42.7 Å². The van der Waals surface area contributed by atoms with Gasteiger partial charge in [0.2, 0.25) is 17.3 Å². The summed E-state index contributed by atoms with van der Waals surface area (Å²) in [4.78, 5) is 151. The van der Waals surface area contributed by atoms with Crippen molar-refractivity contribution in [3.05, 3.63) is 175 Å². The highest BCUT2D eigenvalue weighted by atomic mass is 32.2. The summed E-state index contributed by atoms with van der Waals surface area (Å²) >= 11 is -1.33. The number of aromatic carboxylic acids is 1. The Labute approximate surface area is 642 Å². The van der Waals surface area contributed by atoms with Crippen LogP contribution >= 0.6 is 0 Å². The lowest BCUT2D eigenvalue weighted by molar-refractivity contribution is -0.142. The van der Waals surface area contributed by atoms with Crippen molar-refractivity contribution in [1.82, 2.24) is 75.3 Å². The van der Waals surface area contributed by atoms with Crippen molar-refractivity contribution < 1.29 is 77.5 Å². The number of carboxylic acids is 5. The Kier molecular flexibility index (Phi) is 26.5. The van der Waals surface area contributed by atoms with E-state index < -0.39 is 81.7 Å². The summed E-state index contributed by atoms with van der Waals surface area (Å²) in [5, 5.41) is 56.5. The molecule has 11 aromatic rings. The number of aromatic amines is 2. The van der Waals surface area contributed by atoms with E-state index in [1.54, 1.807) is 56.9 Å². The first kappa shape index (κ1) is 81.8. The molecule has 0 bridgehead atoms. The second-order valence-corrected chi connectivity index (χ2v) is 27.1. The third-order valence-electron chi connectivity index (χ3n) is 17.7. The van der Waals surface area contributed by atoms with Crippen LogP contribution in [0.1, 0.15) is 104 Å². The average molecular weight is 1570 g/mol. The van der Waals surface area contributed by atoms with Crippen LogP contribution in [0.4, 0.5) is 39.2 Å². The van der Waals surface area contributed by atoms with Crippen LogP contribution in [0, 0.1) is 19.7 Å². The monoisotopic (exact) mass is 1570 g/mol. The summed E-state index contributed by atoms with van der Waals surface area (Å²) in [6.45, 7) is 7.42. The molecule has 113 heavy (non-hydrogen) atoms. The number of carboxylic acid groups (broad SMARTS) is 5. The van der Waals surface area contributed by atoms with Crippen LogP contribution in [0.5, 0.6) is 11.5 Å². The van der Waals surface area contributed by atoms with Crippen LogP contribution in [0.15, 0.2) is 118 Å². The van der Waals surface area contributed by atoms with Gasteiger partial charge in [-0.3, -0.25) is 38.7 Å². The van der Waals surface area contributed by atoms with Gasteiger partial charge in [-0.25, -0.2) is 38.7 Å². The predicted molar refractivity (Wildman–Crippen MR) is 412 cm³/mol. The lowest BCUT2D eigenvalue weighted by Crippen LogP contribution is -2.43. The molecule has 40 heteroatoms. The smallest absolute Gasteiger partial charge is 0.341 e. The van der Waals surface area contributed by atoms with Gasteiger partial charge in [0.25, 0.3) is 11.8 Å². The number of hydrogen-bond acceptors (Lipinski definition) is 28. The Morgan fingerprint density at radius 2 is 1.36 bits per heavy atom. The minimum atomic E-state index is -1.33. The molecule has 590 valence electrons. The number of ether oxygens (including phenoxy) is 2. The zero-order valence-corrected chi connectivity index (χ0v) is 62.1. The number of nitrogens with two attached hydrogens (primary N) is 3. The fourth-order valence-corrected chi connectivity index (χ4v) is 12.8. The third-order valence-corrected chi connectivity index (χ3v) is 18.9. The van der Waals surface area contributed by atoms with E-state index in [1.807, 2.05) is 53.5 Å². The number of fused-ring (bicyclic) bond motifs is 4. The standard InChI is InChI=1S/C20H22N8O5.C19H19N7O6.C17H18FN3O3.C17H19N3O3S/c1-28(9-11-8-23-17-15(24-11)16(21)26-20(22)27-17)12-4-2-10(3-5-12)18(31)25-13(19(32)33)6-7-14(29)30;20-19-25-15-14(17(30)26-19)23-11(8-22-15)7-21-10-3-1-9(2-4-10)16(29)24-12(18(31)32)5-6-13(27)28;18-13-7-11-14(8-15(13)20-5-3-19-4-6-20)21(10-1-2-10)9-12(16(11)22)17(23)24;1-10-8-18-15(11(2)16(10)23-4)9-24(21)17-19-13-6-5-12(22-3)7-14(13)20-17/h2-5,8,13H,6-7,9H2,1H3,(H,25,31)(H,29,30)(H,32,33)(H4,21,22,23,26,27);1-4,8,12,21H,5-7H2,(H,24,29)(H,27,28)(H,31,32)(H3,20,22,25,26,30);7-10,19H,1-6H2,(H,23,24);5-8H,9H2,1-4H3,(H,19,20)/t13-;12-;;/m00../s1. The Morgan fingerprint density at radius 3 is 1.96 bits per heavy atom. The number of aliphatic carboxylic acids is 4. The van der Waals surface area contributed by atoms with Gasteiger partial charge < -0.3 is 97.4 Å². The van der Waals surface area contributed by atoms with Crippen LogP contribution < -0.4 is 68.7 Å². The summed E-state index contributed by atoms with van der Waals surface area (Å²) in [7, 11) is 5.05. The van der Waals surface area contributed by atoms with Crippen LogP contribution in [-0.2, 0) is 49.2 Å². The van der Waals surface area contributed by atoms with Gasteiger partial charge in [0, 0.05) is 121 Å². The summed E-state index contributed by atoms with van der Waals surface area (Å²) < 4.78 is 39.7. The Morgan fingerprint density at radius 1 is 0.735 bits per heavy atom. The summed E-state index contributed by atoms with van der Waals surface area (Å²) in [5.41, 5.74) is 24.4. The number of anilines is 6. The van der Waals surface area contributed by atoms with E-state index in [2.05, 4.69) is 76.1 Å². The van der Waals surface area contributed by atoms with E-state index >= 15 is 0 Å². The van der Waals surface area contributed by atoms with Gasteiger partial charge in [-0.05, 0) is 112 Å². The number of methoxy groups -OCH3 is 2. The molecule has 38 nitrogen and oxygen atoms in total. The van der Waals surface area contributed by atoms with Crippen molar-refractivity contribution >= 4 is 132 Å². The molecular weight excluding hydrogens is 1490 g/mol. The second kappa shape index (κ2) is 36.6. The molecule has 1 aliphatic carbocycles. The van der Waals surface area contributed by atoms with Crippen LogP contribution in [0.3, 0.4) is 0 Å². The van der Waals surface area contributed by atoms with Crippen molar-refractivity contribution in [3.63, 3.8) is 0 Å². The molecule has 17 N–H and O–H groups in total. The molecular formula is C73H78FN21O17S. The van der Waals surface area contributed by atoms with Gasteiger partial charge in [-0.15, -0.1) is 0 Å². The van der Waals surface area contributed by atoms with Crippen molar-refractivity contribution in [3.8, 4) is 11.5 Å². The number of aryl methyl sites for hydroxylation is 1. The molecule has 1 saturated heterocycles. The summed E-state index contributed by atoms with van der Waals surface area (Å²) in [5.74, 6) is -6.03. The maximum absolute atomic E-state index is 14.6. The Hall–Kier alpha value is -13.8. The van der Waals surface area contributed by atoms with Crippen molar-refractivity contribution in [1.29, 1.82) is 0 Å². The van der Waals surface area contributed by atoms with Crippen molar-refractivity contribution in [2.45, 2.75) is 94.5 Å². The SMILES string of the molecule is CN(Cc1cnc2nc(N)nc(N)c2n1)c1ccc(C(=O)N[C@@H](CCC(=O)O)C(=O)O)cc1.COc1ccc2nc([S+]([O-])Cc3ncc(C)c(OC)c3C)[nH]c2c1.Nc1nc(=O)c2nc(CNc3ccc(C(=O)N[C@@H](CCC(=O)O)C(=O)O)cc3)cnc2[nH]1.O=C(O)c1cn(C2CC2)c2cc(N3CCNCC3)c(F)cc2c1=O. The van der Waals surface area contributed by atoms with Crippen LogP contribution in [0.25, 0.3) is 44.3 Å². The number of hydrogen-bond donors (Lipinski definition) is 14. The fourth-order valence-electron chi connectivity index (χ4n) is 11.7. The number of nitrogen functional groups attached to an aromatic ring is 3. The molecule has 7 aromatic heterocycles. The molecule has 2 aliphatic rings. The number of H-pyrrole nitrogens is 2. The molecule has 13 rings (SSSR count). The lowest BCUT2D eigenvalue weighted by atomic mass is 10.1. The molecule has 0 radical (unpaired) electrons. The number of nitrogens with zero attached hydrogens (tertiary/aromatic N) is 12. The van der Waals surface area contributed by atoms with Gasteiger partial charge in [-0.2, -0.15) is 19.9 Å². The van der Waals surface area contributed by atoms with Crippen molar-refractivity contribution in [2.75, 3.05) is 79.8 Å². The van der Waals surface area contributed by atoms with Gasteiger partial charge in [0.15, 0.2) is 33.9 Å². The normalized spacial score (nSPS) is 13.2. The molecule has 1 saturated carbocycles. The highest BCUT2D eigenvalue weighted by Crippen LogP contribution is 2.38. The number of rotatable bonds is 26. The van der Waals surface area contributed by atoms with Gasteiger partial charge in [0.05, 0.1) is 79.0 Å². The first-order valence-electron chi connectivity index (χ1n) is 34.7. The molecule has 8 heterocycles. The first-order chi connectivity index (χ1) is 53.9. The maximum atomic E-state index is 14.6. The first-order valence-corrected chi connectivity index (χ1v) is 36.0. The topological polar surface area (TPSA) is 581 Å². The molecule has 2 fully saturated rings. The van der Waals surface area contributed by atoms with Crippen molar-refractivity contribution in [2.24, 2.45) is 0 Å². The molecule has 0 spiro atoms. The van der Waals surface area contributed by atoms with Crippen LogP contribution in [-0.4, -0.2) is 191 Å². The molecule has 3 atom stereocenters. The number of benzene rings is 4. The largest absolute Gasteiger partial charge is 0.609 e. The lowest BCUT2D eigenvalue weighted by Gasteiger charge is -2.30. The predicted octanol–water partition coefficient (Wildman–Crippen LogP) is 4.71. The number of carbonyl (C=O) groups excluding carboxylic acids is 2. The zero-order valence-electron chi connectivity index (χ0n) is 61.3. The zero-order chi connectivity index (χ0) is 81.5. The van der Waals surface area contributed by atoms with Gasteiger partial charge in [-0.1, -0.05) is 0 Å². The van der Waals surface area contributed by atoms with Gasteiger partial charge >= 0.3 is 40.6 Å².